The van der Waals surface area contributed by atoms with Crippen LogP contribution in [0.15, 0.2) is 42.5 Å². The normalized spacial score (nSPS) is 10.5. The number of benzene rings is 2. The average molecular weight is 201 g/mol. The molecular weight excluding hydrogens is 186 g/mol. The summed E-state index contributed by atoms with van der Waals surface area (Å²) < 4.78 is 5.59. The van der Waals surface area contributed by atoms with Crippen molar-refractivity contribution >= 4 is 10.8 Å². The average Bonchev–Trinajstić information content (AvgIpc) is 2.29. The molecule has 0 aliphatic heterocycles. The summed E-state index contributed by atoms with van der Waals surface area (Å²) in [6, 6.07) is 14.5. The van der Waals surface area contributed by atoms with Crippen molar-refractivity contribution in [3.05, 3.63) is 42.5 Å². The van der Waals surface area contributed by atoms with E-state index in [1.807, 2.05) is 25.2 Å². The molecule has 2 aromatic rings. The summed E-state index contributed by atoms with van der Waals surface area (Å²) in [6.07, 6.45) is 0. The number of rotatable bonds is 4. The monoisotopic (exact) mass is 201 g/mol. The van der Waals surface area contributed by atoms with Gasteiger partial charge in [0.05, 0.1) is 0 Å². The van der Waals surface area contributed by atoms with Crippen LogP contribution in [0.3, 0.4) is 0 Å². The van der Waals surface area contributed by atoms with Crippen LogP contribution in [0.2, 0.25) is 0 Å². The summed E-state index contributed by atoms with van der Waals surface area (Å²) in [5.74, 6) is 0.934. The molecule has 0 atom stereocenters. The summed E-state index contributed by atoms with van der Waals surface area (Å²) in [5.41, 5.74) is 0. The van der Waals surface area contributed by atoms with Gasteiger partial charge in [0, 0.05) is 6.54 Å². The van der Waals surface area contributed by atoms with Crippen LogP contribution in [0.25, 0.3) is 10.8 Å². The summed E-state index contributed by atoms with van der Waals surface area (Å²) >= 11 is 0. The molecule has 0 spiro atoms. The van der Waals surface area contributed by atoms with Gasteiger partial charge in [0.25, 0.3) is 0 Å². The van der Waals surface area contributed by atoms with E-state index >= 15 is 0 Å². The van der Waals surface area contributed by atoms with Gasteiger partial charge in [0.1, 0.15) is 12.4 Å². The highest BCUT2D eigenvalue weighted by molar-refractivity contribution is 5.83. The molecule has 0 saturated heterocycles. The fourth-order valence-electron chi connectivity index (χ4n) is 1.53. The van der Waals surface area contributed by atoms with Crippen molar-refractivity contribution in [1.29, 1.82) is 0 Å². The molecule has 2 aromatic carbocycles. The molecule has 0 aliphatic carbocycles. The summed E-state index contributed by atoms with van der Waals surface area (Å²) in [5, 5.41) is 5.52. The molecular formula is C13H15NO. The Morgan fingerprint density at radius 2 is 1.87 bits per heavy atom. The molecule has 1 N–H and O–H groups in total. The first-order valence-corrected chi connectivity index (χ1v) is 5.16. The second-order valence-electron chi connectivity index (χ2n) is 3.46. The van der Waals surface area contributed by atoms with Crippen LogP contribution in [-0.2, 0) is 0 Å². The Labute approximate surface area is 89.9 Å². The van der Waals surface area contributed by atoms with Gasteiger partial charge in [-0.25, -0.2) is 0 Å². The number of hydrogen-bond donors (Lipinski definition) is 1. The van der Waals surface area contributed by atoms with Crippen LogP contribution < -0.4 is 10.1 Å². The number of hydrogen-bond acceptors (Lipinski definition) is 2. The van der Waals surface area contributed by atoms with E-state index in [4.69, 9.17) is 4.74 Å². The highest BCUT2D eigenvalue weighted by Gasteiger charge is 1.95. The molecule has 0 unspecified atom stereocenters. The Morgan fingerprint density at radius 3 is 2.67 bits per heavy atom. The van der Waals surface area contributed by atoms with Gasteiger partial charge in [-0.05, 0) is 30.0 Å². The number of fused-ring (bicyclic) bond motifs is 1. The van der Waals surface area contributed by atoms with Crippen molar-refractivity contribution in [1.82, 2.24) is 5.32 Å². The summed E-state index contributed by atoms with van der Waals surface area (Å²) in [7, 11) is 1.92. The molecule has 0 aromatic heterocycles. The van der Waals surface area contributed by atoms with E-state index in [1.165, 1.54) is 10.8 Å². The maximum absolute atomic E-state index is 5.59. The molecule has 2 rings (SSSR count). The molecule has 0 radical (unpaired) electrons. The quantitative estimate of drug-likeness (QED) is 0.767. The standard InChI is InChI=1S/C13H15NO/c1-14-8-9-15-13-7-6-11-4-2-3-5-12(11)10-13/h2-7,10,14H,8-9H2,1H3. The zero-order valence-corrected chi connectivity index (χ0v) is 8.86. The van der Waals surface area contributed by atoms with Crippen LogP contribution in [0.4, 0.5) is 0 Å². The highest BCUT2D eigenvalue weighted by Crippen LogP contribution is 2.20. The predicted molar refractivity (Wildman–Crippen MR) is 63.4 cm³/mol. The van der Waals surface area contributed by atoms with E-state index < -0.39 is 0 Å². The smallest absolute Gasteiger partial charge is 0.120 e. The van der Waals surface area contributed by atoms with Crippen molar-refractivity contribution in [2.75, 3.05) is 20.2 Å². The Balaban J connectivity index is 2.16. The first-order valence-electron chi connectivity index (χ1n) is 5.16. The first kappa shape index (κ1) is 9.99. The molecule has 78 valence electrons. The highest BCUT2D eigenvalue weighted by atomic mass is 16.5. The maximum Gasteiger partial charge on any atom is 0.120 e. The topological polar surface area (TPSA) is 21.3 Å². The van der Waals surface area contributed by atoms with Gasteiger partial charge in [-0.1, -0.05) is 30.3 Å². The van der Waals surface area contributed by atoms with Gasteiger partial charge in [0.2, 0.25) is 0 Å². The van der Waals surface area contributed by atoms with E-state index in [0.717, 1.165) is 12.3 Å². The molecule has 15 heavy (non-hydrogen) atoms. The van der Waals surface area contributed by atoms with Crippen LogP contribution in [0, 0.1) is 0 Å². The van der Waals surface area contributed by atoms with Crippen molar-refractivity contribution in [2.24, 2.45) is 0 Å². The van der Waals surface area contributed by atoms with Crippen LogP contribution in [-0.4, -0.2) is 20.2 Å². The minimum Gasteiger partial charge on any atom is -0.492 e. The first-order chi connectivity index (χ1) is 7.40. The summed E-state index contributed by atoms with van der Waals surface area (Å²) in [4.78, 5) is 0. The molecule has 0 bridgehead atoms. The van der Waals surface area contributed by atoms with Gasteiger partial charge in [-0.15, -0.1) is 0 Å². The van der Waals surface area contributed by atoms with E-state index in [9.17, 15) is 0 Å². The minimum atomic E-state index is 0.703. The SMILES string of the molecule is CNCCOc1ccc2ccccc2c1. The predicted octanol–water partition coefficient (Wildman–Crippen LogP) is 2.44. The molecule has 2 heteroatoms. The Morgan fingerprint density at radius 1 is 1.07 bits per heavy atom. The number of likely N-dealkylation sites (N-methyl/N-ethyl adjacent to an activating group) is 1. The lowest BCUT2D eigenvalue weighted by atomic mass is 10.1. The van der Waals surface area contributed by atoms with Crippen molar-refractivity contribution in [3.8, 4) is 5.75 Å². The number of nitrogens with one attached hydrogen (secondary N) is 1. The Hall–Kier alpha value is -1.54. The largest absolute Gasteiger partial charge is 0.492 e. The molecule has 0 amide bonds. The van der Waals surface area contributed by atoms with Crippen molar-refractivity contribution < 1.29 is 4.74 Å². The third-order valence-electron chi connectivity index (χ3n) is 2.34. The fraction of sp³-hybridized carbons (Fsp3) is 0.231. The molecule has 0 heterocycles. The Bertz CT molecular complexity index is 439. The second kappa shape index (κ2) is 4.80. The minimum absolute atomic E-state index is 0.703. The van der Waals surface area contributed by atoms with E-state index in [-0.39, 0.29) is 0 Å². The van der Waals surface area contributed by atoms with Gasteiger partial charge < -0.3 is 10.1 Å². The molecule has 2 nitrogen and oxygen atoms in total. The van der Waals surface area contributed by atoms with E-state index in [2.05, 4.69) is 29.6 Å². The molecule has 0 fully saturated rings. The number of ether oxygens (including phenoxy) is 1. The van der Waals surface area contributed by atoms with E-state index in [1.54, 1.807) is 0 Å². The molecule has 0 saturated carbocycles. The third-order valence-corrected chi connectivity index (χ3v) is 2.34. The van der Waals surface area contributed by atoms with Crippen LogP contribution in [0.1, 0.15) is 0 Å². The lowest BCUT2D eigenvalue weighted by molar-refractivity contribution is 0.319. The van der Waals surface area contributed by atoms with Gasteiger partial charge in [-0.2, -0.15) is 0 Å². The lowest BCUT2D eigenvalue weighted by Crippen LogP contribution is -2.15. The Kier molecular flexibility index (Phi) is 3.20. The maximum atomic E-state index is 5.59. The van der Waals surface area contributed by atoms with E-state index in [0.29, 0.717) is 6.61 Å². The zero-order chi connectivity index (χ0) is 10.5. The fourth-order valence-corrected chi connectivity index (χ4v) is 1.53. The zero-order valence-electron chi connectivity index (χ0n) is 8.86. The van der Waals surface area contributed by atoms with Gasteiger partial charge >= 0.3 is 0 Å². The third kappa shape index (κ3) is 2.48. The van der Waals surface area contributed by atoms with Crippen molar-refractivity contribution in [3.63, 3.8) is 0 Å². The van der Waals surface area contributed by atoms with Crippen LogP contribution >= 0.6 is 0 Å². The lowest BCUT2D eigenvalue weighted by Gasteiger charge is -2.06. The second-order valence-corrected chi connectivity index (χ2v) is 3.46. The van der Waals surface area contributed by atoms with Crippen molar-refractivity contribution in [2.45, 2.75) is 0 Å². The summed E-state index contributed by atoms with van der Waals surface area (Å²) in [6.45, 7) is 1.57. The van der Waals surface area contributed by atoms with Gasteiger partial charge in [0.15, 0.2) is 0 Å². The molecule has 0 aliphatic rings. The van der Waals surface area contributed by atoms with Gasteiger partial charge in [-0.3, -0.25) is 0 Å². The van der Waals surface area contributed by atoms with Crippen LogP contribution in [0.5, 0.6) is 5.75 Å².